The lowest BCUT2D eigenvalue weighted by Crippen LogP contribution is -2.19. The molecule has 4 heteroatoms. The molecule has 0 aliphatic carbocycles. The fraction of sp³-hybridized carbons (Fsp3) is 0.462. The molecule has 1 aliphatic heterocycles. The van der Waals surface area contributed by atoms with Crippen LogP contribution in [0.1, 0.15) is 12.8 Å². The van der Waals surface area contributed by atoms with Gasteiger partial charge in [-0.15, -0.1) is 0 Å². The molecule has 0 spiro atoms. The number of nitrogens with zero attached hydrogens (tertiary/aromatic N) is 1. The van der Waals surface area contributed by atoms with Crippen molar-refractivity contribution in [3.8, 4) is 0 Å². The summed E-state index contributed by atoms with van der Waals surface area (Å²) >= 11 is 2.07. The Morgan fingerprint density at radius 2 is 2.24 bits per heavy atom. The lowest BCUT2D eigenvalue weighted by atomic mass is 10.0. The van der Waals surface area contributed by atoms with Crippen molar-refractivity contribution in [1.29, 1.82) is 0 Å². The molecule has 2 aromatic rings. The summed E-state index contributed by atoms with van der Waals surface area (Å²) in [5, 5.41) is 4.54. The quantitative estimate of drug-likeness (QED) is 0.903. The second-order valence-electron chi connectivity index (χ2n) is 4.43. The Morgan fingerprint density at radius 1 is 1.35 bits per heavy atom. The van der Waals surface area contributed by atoms with E-state index in [-0.39, 0.29) is 0 Å². The molecule has 0 saturated carbocycles. The smallest absolute Gasteiger partial charge is 0.139 e. The number of pyridine rings is 1. The van der Waals surface area contributed by atoms with Gasteiger partial charge >= 0.3 is 0 Å². The monoisotopic (exact) mass is 248 g/mol. The molecule has 0 bridgehead atoms. The van der Waals surface area contributed by atoms with Crippen molar-refractivity contribution in [2.75, 3.05) is 23.4 Å². The van der Waals surface area contributed by atoms with Crippen LogP contribution >= 0.6 is 11.8 Å². The van der Waals surface area contributed by atoms with Crippen molar-refractivity contribution in [3.63, 3.8) is 0 Å². The first-order chi connectivity index (χ1) is 8.43. The number of thioether (sulfide) groups is 1. The average molecular weight is 248 g/mol. The number of furan rings is 1. The topological polar surface area (TPSA) is 38.1 Å². The molecule has 1 aliphatic rings. The number of aromatic nitrogens is 1. The molecule has 0 radical (unpaired) electrons. The van der Waals surface area contributed by atoms with Gasteiger partial charge in [-0.1, -0.05) is 0 Å². The van der Waals surface area contributed by atoms with Crippen molar-refractivity contribution < 1.29 is 4.42 Å². The highest BCUT2D eigenvalue weighted by Gasteiger charge is 2.14. The van der Waals surface area contributed by atoms with E-state index < -0.39 is 0 Å². The van der Waals surface area contributed by atoms with Crippen LogP contribution in [0.5, 0.6) is 0 Å². The summed E-state index contributed by atoms with van der Waals surface area (Å²) in [7, 11) is 0. The van der Waals surface area contributed by atoms with Crippen LogP contribution in [0.4, 0.5) is 5.82 Å². The van der Waals surface area contributed by atoms with Gasteiger partial charge in [0.2, 0.25) is 0 Å². The largest absolute Gasteiger partial charge is 0.464 e. The minimum Gasteiger partial charge on any atom is -0.464 e. The third-order valence-corrected chi connectivity index (χ3v) is 4.33. The van der Waals surface area contributed by atoms with Gasteiger partial charge in [0.25, 0.3) is 0 Å². The number of anilines is 1. The molecule has 0 aromatic carbocycles. The maximum atomic E-state index is 5.37. The van der Waals surface area contributed by atoms with Crippen molar-refractivity contribution in [2.24, 2.45) is 5.92 Å². The van der Waals surface area contributed by atoms with Crippen molar-refractivity contribution >= 4 is 28.5 Å². The van der Waals surface area contributed by atoms with E-state index >= 15 is 0 Å². The molecule has 0 amide bonds. The molecule has 17 heavy (non-hydrogen) atoms. The van der Waals surface area contributed by atoms with Gasteiger partial charge in [-0.05, 0) is 42.4 Å². The number of rotatable bonds is 3. The Morgan fingerprint density at radius 3 is 3.12 bits per heavy atom. The molecule has 1 N–H and O–H groups in total. The summed E-state index contributed by atoms with van der Waals surface area (Å²) in [6, 6.07) is 3.87. The van der Waals surface area contributed by atoms with E-state index in [9.17, 15) is 0 Å². The Balaban J connectivity index is 1.69. The van der Waals surface area contributed by atoms with Gasteiger partial charge in [0, 0.05) is 12.7 Å². The zero-order valence-electron chi connectivity index (χ0n) is 9.69. The van der Waals surface area contributed by atoms with E-state index in [2.05, 4.69) is 22.1 Å². The maximum absolute atomic E-state index is 5.37. The highest BCUT2D eigenvalue weighted by atomic mass is 32.2. The number of fused-ring (bicyclic) bond motifs is 1. The Labute approximate surface area is 105 Å². The molecule has 3 rings (SSSR count). The third-order valence-electron chi connectivity index (χ3n) is 3.28. The molecule has 1 fully saturated rings. The van der Waals surface area contributed by atoms with E-state index in [1.54, 1.807) is 12.5 Å². The number of hydrogen-bond acceptors (Lipinski definition) is 4. The molecule has 3 nitrogen and oxygen atoms in total. The molecule has 2 aromatic heterocycles. The highest BCUT2D eigenvalue weighted by molar-refractivity contribution is 7.99. The molecule has 0 atom stereocenters. The van der Waals surface area contributed by atoms with Crippen molar-refractivity contribution in [1.82, 2.24) is 4.98 Å². The summed E-state index contributed by atoms with van der Waals surface area (Å²) in [6.45, 7) is 1.03. The first kappa shape index (κ1) is 11.0. The second-order valence-corrected chi connectivity index (χ2v) is 5.65. The van der Waals surface area contributed by atoms with E-state index in [1.807, 2.05) is 12.1 Å². The average Bonchev–Trinajstić information content (AvgIpc) is 2.86. The fourth-order valence-corrected chi connectivity index (χ4v) is 3.43. The lowest BCUT2D eigenvalue weighted by molar-refractivity contribution is 0.515. The summed E-state index contributed by atoms with van der Waals surface area (Å²) in [4.78, 5) is 4.39. The summed E-state index contributed by atoms with van der Waals surface area (Å²) in [5.41, 5.74) is 0.904. The fourth-order valence-electron chi connectivity index (χ4n) is 2.23. The van der Waals surface area contributed by atoms with Crippen LogP contribution in [0, 0.1) is 5.92 Å². The van der Waals surface area contributed by atoms with E-state index in [0.717, 1.165) is 29.2 Å². The van der Waals surface area contributed by atoms with Crippen LogP contribution in [0.3, 0.4) is 0 Å². The zero-order chi connectivity index (χ0) is 11.5. The summed E-state index contributed by atoms with van der Waals surface area (Å²) < 4.78 is 5.37. The SMILES string of the molecule is c1cc2occc2c(NCC2CCSCC2)n1. The van der Waals surface area contributed by atoms with Crippen LogP contribution in [0.15, 0.2) is 29.0 Å². The van der Waals surface area contributed by atoms with E-state index in [4.69, 9.17) is 4.42 Å². The first-order valence-corrected chi connectivity index (χ1v) is 7.23. The van der Waals surface area contributed by atoms with Gasteiger partial charge in [-0.25, -0.2) is 4.98 Å². The molecule has 0 unspecified atom stereocenters. The van der Waals surface area contributed by atoms with Crippen molar-refractivity contribution in [2.45, 2.75) is 12.8 Å². The van der Waals surface area contributed by atoms with Gasteiger partial charge in [0.15, 0.2) is 0 Å². The molecule has 3 heterocycles. The Bertz CT molecular complexity index is 491. The van der Waals surface area contributed by atoms with Crippen LogP contribution in [-0.2, 0) is 0 Å². The van der Waals surface area contributed by atoms with Gasteiger partial charge < -0.3 is 9.73 Å². The van der Waals surface area contributed by atoms with Gasteiger partial charge in [-0.2, -0.15) is 11.8 Å². The Kier molecular flexibility index (Phi) is 3.22. The third kappa shape index (κ3) is 2.41. The van der Waals surface area contributed by atoms with Crippen LogP contribution in [0.2, 0.25) is 0 Å². The van der Waals surface area contributed by atoms with Crippen LogP contribution in [0.25, 0.3) is 11.0 Å². The molecular weight excluding hydrogens is 232 g/mol. The first-order valence-electron chi connectivity index (χ1n) is 6.07. The summed E-state index contributed by atoms with van der Waals surface area (Å²) in [5.74, 6) is 4.35. The minimum atomic E-state index is 0.792. The summed E-state index contributed by atoms with van der Waals surface area (Å²) in [6.07, 6.45) is 6.15. The van der Waals surface area contributed by atoms with Gasteiger partial charge in [0.1, 0.15) is 11.4 Å². The lowest BCUT2D eigenvalue weighted by Gasteiger charge is -2.21. The Hall–Kier alpha value is -1.16. The highest BCUT2D eigenvalue weighted by Crippen LogP contribution is 2.25. The van der Waals surface area contributed by atoms with Crippen LogP contribution < -0.4 is 5.32 Å². The standard InChI is InChI=1S/C13H16N2OS/c1-5-14-13(11-2-6-16-12(1)11)15-9-10-3-7-17-8-4-10/h1-2,5-6,10H,3-4,7-9H2,(H,14,15). The molecule has 90 valence electrons. The minimum absolute atomic E-state index is 0.792. The zero-order valence-corrected chi connectivity index (χ0v) is 10.5. The number of hydrogen-bond donors (Lipinski definition) is 1. The van der Waals surface area contributed by atoms with E-state index in [1.165, 1.54) is 24.3 Å². The van der Waals surface area contributed by atoms with Crippen LogP contribution in [-0.4, -0.2) is 23.0 Å². The predicted octanol–water partition coefficient (Wildman–Crippen LogP) is 3.38. The molecular formula is C13H16N2OS. The second kappa shape index (κ2) is 5.00. The van der Waals surface area contributed by atoms with Crippen molar-refractivity contribution in [3.05, 3.63) is 24.6 Å². The maximum Gasteiger partial charge on any atom is 0.139 e. The predicted molar refractivity (Wildman–Crippen MR) is 72.5 cm³/mol. The van der Waals surface area contributed by atoms with E-state index in [0.29, 0.717) is 0 Å². The number of nitrogens with one attached hydrogen (secondary N) is 1. The van der Waals surface area contributed by atoms with Gasteiger partial charge in [-0.3, -0.25) is 0 Å². The normalized spacial score (nSPS) is 17.4. The molecule has 1 saturated heterocycles. The van der Waals surface area contributed by atoms with Gasteiger partial charge in [0.05, 0.1) is 11.6 Å².